The summed E-state index contributed by atoms with van der Waals surface area (Å²) in [5, 5.41) is 13.2. The molecule has 106 valence electrons. The van der Waals surface area contributed by atoms with Gasteiger partial charge in [-0.2, -0.15) is 0 Å². The van der Waals surface area contributed by atoms with Crippen molar-refractivity contribution in [1.82, 2.24) is 4.98 Å². The van der Waals surface area contributed by atoms with Gasteiger partial charge in [-0.05, 0) is 41.0 Å². The van der Waals surface area contributed by atoms with E-state index in [-0.39, 0.29) is 0 Å². The van der Waals surface area contributed by atoms with E-state index < -0.39 is 11.4 Å². The number of fused-ring (bicyclic) bond motifs is 1. The van der Waals surface area contributed by atoms with Crippen LogP contribution < -0.4 is 0 Å². The summed E-state index contributed by atoms with van der Waals surface area (Å²) in [6, 6.07) is 16.7. The Labute approximate surface area is 122 Å². The molecular weight excluding hydrogens is 265 g/mol. The van der Waals surface area contributed by atoms with E-state index >= 15 is 0 Å². The lowest BCUT2D eigenvalue weighted by atomic mass is 9.86. The van der Waals surface area contributed by atoms with Crippen molar-refractivity contribution in [3.05, 3.63) is 77.9 Å². The molecular formula is C18H16FNO. The molecule has 3 aromatic rings. The van der Waals surface area contributed by atoms with Crippen molar-refractivity contribution < 1.29 is 9.50 Å². The van der Waals surface area contributed by atoms with Crippen molar-refractivity contribution in [2.24, 2.45) is 0 Å². The quantitative estimate of drug-likeness (QED) is 0.786. The van der Waals surface area contributed by atoms with Gasteiger partial charge in [0, 0.05) is 0 Å². The third kappa shape index (κ3) is 2.41. The Morgan fingerprint density at radius 1 is 1.05 bits per heavy atom. The highest BCUT2D eigenvalue weighted by molar-refractivity contribution is 5.83. The molecule has 0 radical (unpaired) electrons. The summed E-state index contributed by atoms with van der Waals surface area (Å²) in [7, 11) is 0. The van der Waals surface area contributed by atoms with Crippen molar-refractivity contribution in [2.75, 3.05) is 0 Å². The largest absolute Gasteiger partial charge is 0.379 e. The maximum atomic E-state index is 13.0. The number of hydrogen-bond donors (Lipinski definition) is 1. The van der Waals surface area contributed by atoms with Crippen molar-refractivity contribution >= 4 is 10.8 Å². The minimum Gasteiger partial charge on any atom is -0.379 e. The molecule has 0 aliphatic heterocycles. The van der Waals surface area contributed by atoms with Crippen LogP contribution >= 0.6 is 0 Å². The van der Waals surface area contributed by atoms with Gasteiger partial charge in [0.05, 0.1) is 11.9 Å². The monoisotopic (exact) mass is 281 g/mol. The Morgan fingerprint density at radius 3 is 2.48 bits per heavy atom. The second kappa shape index (κ2) is 5.26. The van der Waals surface area contributed by atoms with Gasteiger partial charge in [0.15, 0.2) is 0 Å². The van der Waals surface area contributed by atoms with Crippen molar-refractivity contribution in [3.63, 3.8) is 0 Å². The number of halogens is 1. The average Bonchev–Trinajstić information content (AvgIpc) is 2.54. The van der Waals surface area contributed by atoms with Crippen molar-refractivity contribution in [1.29, 1.82) is 0 Å². The Kier molecular flexibility index (Phi) is 3.43. The van der Waals surface area contributed by atoms with E-state index in [0.717, 1.165) is 22.5 Å². The van der Waals surface area contributed by atoms with Gasteiger partial charge in [-0.25, -0.2) is 4.39 Å². The fourth-order valence-electron chi connectivity index (χ4n) is 2.60. The number of rotatable bonds is 3. The summed E-state index contributed by atoms with van der Waals surface area (Å²) in [6.45, 7) is 1.89. The van der Waals surface area contributed by atoms with Crippen LogP contribution in [0.25, 0.3) is 10.8 Å². The fraction of sp³-hybridized carbons (Fsp3) is 0.167. The predicted molar refractivity (Wildman–Crippen MR) is 81.4 cm³/mol. The molecule has 1 unspecified atom stereocenters. The lowest BCUT2D eigenvalue weighted by molar-refractivity contribution is 0.0719. The van der Waals surface area contributed by atoms with E-state index in [1.807, 2.05) is 49.4 Å². The molecule has 3 rings (SSSR count). The third-order valence-electron chi connectivity index (χ3n) is 3.89. The minimum absolute atomic E-state index is 0.407. The van der Waals surface area contributed by atoms with Crippen LogP contribution in [0, 0.1) is 5.82 Å². The topological polar surface area (TPSA) is 33.1 Å². The van der Waals surface area contributed by atoms with Gasteiger partial charge < -0.3 is 5.11 Å². The van der Waals surface area contributed by atoms with Gasteiger partial charge in [-0.15, -0.1) is 0 Å². The number of nitrogens with zero attached hydrogens (tertiary/aromatic N) is 1. The van der Waals surface area contributed by atoms with Crippen LogP contribution in [0.5, 0.6) is 0 Å². The smallest absolute Gasteiger partial charge is 0.141 e. The first-order valence-corrected chi connectivity index (χ1v) is 6.97. The summed E-state index contributed by atoms with van der Waals surface area (Å²) >= 11 is 0. The summed E-state index contributed by atoms with van der Waals surface area (Å²) in [5.41, 5.74) is 0.0158. The lowest BCUT2D eigenvalue weighted by Gasteiger charge is -2.27. The molecule has 1 N–H and O–H groups in total. The Morgan fingerprint density at radius 2 is 1.81 bits per heavy atom. The maximum absolute atomic E-state index is 13.0. The number of hydrogen-bond acceptors (Lipinski definition) is 2. The highest BCUT2D eigenvalue weighted by Crippen LogP contribution is 2.33. The van der Waals surface area contributed by atoms with E-state index in [2.05, 4.69) is 4.98 Å². The molecule has 2 nitrogen and oxygen atoms in total. The van der Waals surface area contributed by atoms with Gasteiger partial charge in [-0.1, -0.05) is 43.3 Å². The van der Waals surface area contributed by atoms with E-state index in [9.17, 15) is 9.50 Å². The normalized spacial score (nSPS) is 14.0. The van der Waals surface area contributed by atoms with Crippen LogP contribution in [0.2, 0.25) is 0 Å². The molecule has 21 heavy (non-hydrogen) atoms. The zero-order chi connectivity index (χ0) is 14.9. The first kappa shape index (κ1) is 13.7. The molecule has 0 saturated carbocycles. The van der Waals surface area contributed by atoms with Crippen LogP contribution in [0.4, 0.5) is 4.39 Å². The third-order valence-corrected chi connectivity index (χ3v) is 3.89. The average molecular weight is 281 g/mol. The second-order valence-corrected chi connectivity index (χ2v) is 5.14. The Bertz CT molecular complexity index is 770. The number of aromatic nitrogens is 1. The van der Waals surface area contributed by atoms with E-state index in [1.165, 1.54) is 12.1 Å². The summed E-state index contributed by atoms with van der Waals surface area (Å²) in [5.74, 6) is -0.407. The molecule has 2 aromatic carbocycles. The van der Waals surface area contributed by atoms with Crippen LogP contribution in [0.1, 0.15) is 24.6 Å². The molecule has 1 heterocycles. The van der Waals surface area contributed by atoms with Gasteiger partial charge in [-0.3, -0.25) is 4.98 Å². The van der Waals surface area contributed by atoms with Crippen LogP contribution in [0.3, 0.4) is 0 Å². The molecule has 0 saturated heterocycles. The molecule has 0 amide bonds. The van der Waals surface area contributed by atoms with Gasteiger partial charge in [0.25, 0.3) is 0 Å². The SMILES string of the molecule is CCC(O)(c1ccc2ccccc2c1)c1ccc(F)cn1. The molecule has 1 atom stereocenters. The summed E-state index contributed by atoms with van der Waals surface area (Å²) in [6.07, 6.45) is 1.60. The Balaban J connectivity index is 2.14. The van der Waals surface area contributed by atoms with E-state index in [1.54, 1.807) is 0 Å². The fourth-order valence-corrected chi connectivity index (χ4v) is 2.60. The second-order valence-electron chi connectivity index (χ2n) is 5.14. The van der Waals surface area contributed by atoms with Gasteiger partial charge in [0.2, 0.25) is 0 Å². The molecule has 1 aromatic heterocycles. The molecule has 0 aliphatic carbocycles. The zero-order valence-corrected chi connectivity index (χ0v) is 11.8. The predicted octanol–water partition coefficient (Wildman–Crippen LogP) is 4.02. The minimum atomic E-state index is -1.21. The molecule has 0 aliphatic rings. The lowest BCUT2D eigenvalue weighted by Crippen LogP contribution is -2.27. The molecule has 0 spiro atoms. The molecule has 3 heteroatoms. The Hall–Kier alpha value is -2.26. The summed E-state index contributed by atoms with van der Waals surface area (Å²) in [4.78, 5) is 4.05. The number of benzene rings is 2. The zero-order valence-electron chi connectivity index (χ0n) is 11.8. The maximum Gasteiger partial charge on any atom is 0.141 e. The van der Waals surface area contributed by atoms with Crippen LogP contribution in [-0.2, 0) is 5.60 Å². The molecule has 0 bridgehead atoms. The molecule has 0 fully saturated rings. The van der Waals surface area contributed by atoms with Crippen molar-refractivity contribution in [3.8, 4) is 0 Å². The van der Waals surface area contributed by atoms with Gasteiger partial charge in [0.1, 0.15) is 11.4 Å². The first-order chi connectivity index (χ1) is 10.1. The standard InChI is InChI=1S/C18H16FNO/c1-2-18(21,17-10-9-16(19)12-20-17)15-8-7-13-5-3-4-6-14(13)11-15/h3-12,21H,2H2,1H3. The van der Waals surface area contributed by atoms with E-state index in [0.29, 0.717) is 12.1 Å². The van der Waals surface area contributed by atoms with Crippen molar-refractivity contribution in [2.45, 2.75) is 18.9 Å². The number of pyridine rings is 1. The first-order valence-electron chi connectivity index (χ1n) is 6.97. The van der Waals surface area contributed by atoms with Crippen LogP contribution in [0.15, 0.2) is 60.8 Å². The van der Waals surface area contributed by atoms with Crippen LogP contribution in [-0.4, -0.2) is 10.1 Å². The highest BCUT2D eigenvalue weighted by atomic mass is 19.1. The van der Waals surface area contributed by atoms with E-state index in [4.69, 9.17) is 0 Å². The summed E-state index contributed by atoms with van der Waals surface area (Å²) < 4.78 is 13.0. The van der Waals surface area contributed by atoms with Gasteiger partial charge >= 0.3 is 0 Å². The highest BCUT2D eigenvalue weighted by Gasteiger charge is 2.31. The number of aliphatic hydroxyl groups is 1.